The number of benzene rings is 2. The zero-order valence-corrected chi connectivity index (χ0v) is 15.7. The van der Waals surface area contributed by atoms with Gasteiger partial charge in [0.25, 0.3) is 5.91 Å². The highest BCUT2D eigenvalue weighted by molar-refractivity contribution is 5.82. The lowest BCUT2D eigenvalue weighted by molar-refractivity contribution is -0.136. The Morgan fingerprint density at radius 2 is 1.71 bits per heavy atom. The first kappa shape index (κ1) is 18.6. The molecule has 144 valence electrons. The molecule has 1 aromatic heterocycles. The summed E-state index contributed by atoms with van der Waals surface area (Å²) in [6.07, 6.45) is 1.87. The van der Waals surface area contributed by atoms with E-state index in [9.17, 15) is 10.0 Å². The van der Waals surface area contributed by atoms with Crippen molar-refractivity contribution in [1.29, 1.82) is 0 Å². The molecule has 1 aliphatic rings. The molecule has 1 aliphatic heterocycles. The molecule has 6 nitrogen and oxygen atoms in total. The third-order valence-electron chi connectivity index (χ3n) is 5.38. The second-order valence-corrected chi connectivity index (χ2v) is 7.09. The summed E-state index contributed by atoms with van der Waals surface area (Å²) in [7, 11) is 0. The molecule has 1 amide bonds. The standard InChI is InChI=1S/C22H24N4O2/c27-22(24-28)21(17-6-2-1-3-7-17)26-14-12-25(13-15-26)16-18-10-11-23-20-9-5-4-8-19(18)20/h1-11,21,28H,12-16H2,(H,24,27). The van der Waals surface area contributed by atoms with Crippen molar-refractivity contribution in [1.82, 2.24) is 20.3 Å². The molecule has 2 N–H and O–H groups in total. The van der Waals surface area contributed by atoms with Crippen LogP contribution in [0.5, 0.6) is 0 Å². The van der Waals surface area contributed by atoms with E-state index < -0.39 is 6.04 Å². The molecule has 0 spiro atoms. The van der Waals surface area contributed by atoms with Crippen LogP contribution in [-0.2, 0) is 11.3 Å². The summed E-state index contributed by atoms with van der Waals surface area (Å²) < 4.78 is 0. The number of para-hydroxylation sites is 1. The lowest BCUT2D eigenvalue weighted by Crippen LogP contribution is -2.50. The Balaban J connectivity index is 1.45. The molecule has 0 saturated carbocycles. The Bertz CT molecular complexity index is 934. The molecule has 28 heavy (non-hydrogen) atoms. The number of hydrogen-bond donors (Lipinski definition) is 2. The van der Waals surface area contributed by atoms with Gasteiger partial charge in [-0.15, -0.1) is 0 Å². The quantitative estimate of drug-likeness (QED) is 0.529. The van der Waals surface area contributed by atoms with E-state index in [-0.39, 0.29) is 5.91 Å². The van der Waals surface area contributed by atoms with Gasteiger partial charge in [-0.25, -0.2) is 5.48 Å². The summed E-state index contributed by atoms with van der Waals surface area (Å²) >= 11 is 0. The van der Waals surface area contributed by atoms with Crippen molar-refractivity contribution in [2.75, 3.05) is 26.2 Å². The monoisotopic (exact) mass is 376 g/mol. The van der Waals surface area contributed by atoms with Crippen molar-refractivity contribution in [3.8, 4) is 0 Å². The number of hydrogen-bond acceptors (Lipinski definition) is 5. The van der Waals surface area contributed by atoms with E-state index >= 15 is 0 Å². The van der Waals surface area contributed by atoms with Gasteiger partial charge >= 0.3 is 0 Å². The molecule has 3 aromatic rings. The number of carbonyl (C=O) groups excluding carboxylic acids is 1. The number of rotatable bonds is 5. The summed E-state index contributed by atoms with van der Waals surface area (Å²) in [5.74, 6) is -0.389. The molecule has 4 rings (SSSR count). The molecular weight excluding hydrogens is 352 g/mol. The summed E-state index contributed by atoms with van der Waals surface area (Å²) in [6.45, 7) is 4.10. The summed E-state index contributed by atoms with van der Waals surface area (Å²) in [6, 6.07) is 19.4. The fourth-order valence-electron chi connectivity index (χ4n) is 3.94. The van der Waals surface area contributed by atoms with E-state index in [0.717, 1.165) is 43.8 Å². The maximum absolute atomic E-state index is 12.3. The number of pyridine rings is 1. The van der Waals surface area contributed by atoms with Gasteiger partial charge in [0.05, 0.1) is 5.52 Å². The van der Waals surface area contributed by atoms with Crippen molar-refractivity contribution in [2.45, 2.75) is 12.6 Å². The van der Waals surface area contributed by atoms with Gasteiger partial charge in [-0.1, -0.05) is 48.5 Å². The molecule has 0 aliphatic carbocycles. The Morgan fingerprint density at radius 1 is 1.00 bits per heavy atom. The van der Waals surface area contributed by atoms with E-state index in [1.54, 1.807) is 0 Å². The largest absolute Gasteiger partial charge is 0.297 e. The van der Waals surface area contributed by atoms with E-state index in [1.165, 1.54) is 10.9 Å². The second kappa shape index (κ2) is 8.48. The molecule has 1 saturated heterocycles. The van der Waals surface area contributed by atoms with Crippen LogP contribution in [0.1, 0.15) is 17.2 Å². The Labute approximate surface area is 164 Å². The minimum absolute atomic E-state index is 0.389. The van der Waals surface area contributed by atoms with Crippen LogP contribution >= 0.6 is 0 Å². The minimum Gasteiger partial charge on any atom is -0.297 e. The maximum atomic E-state index is 12.3. The average molecular weight is 376 g/mol. The fraction of sp³-hybridized carbons (Fsp3) is 0.273. The molecular formula is C22H24N4O2. The van der Waals surface area contributed by atoms with Crippen molar-refractivity contribution >= 4 is 16.8 Å². The minimum atomic E-state index is -0.477. The van der Waals surface area contributed by atoms with Gasteiger partial charge < -0.3 is 0 Å². The summed E-state index contributed by atoms with van der Waals surface area (Å²) in [5.41, 5.74) is 5.01. The van der Waals surface area contributed by atoms with Crippen LogP contribution in [0, 0.1) is 0 Å². The van der Waals surface area contributed by atoms with Crippen molar-refractivity contribution in [2.24, 2.45) is 0 Å². The molecule has 1 unspecified atom stereocenters. The fourth-order valence-corrected chi connectivity index (χ4v) is 3.94. The lowest BCUT2D eigenvalue weighted by Gasteiger charge is -2.38. The number of nitrogens with one attached hydrogen (secondary N) is 1. The predicted molar refractivity (Wildman–Crippen MR) is 108 cm³/mol. The highest BCUT2D eigenvalue weighted by atomic mass is 16.5. The van der Waals surface area contributed by atoms with E-state index in [2.05, 4.69) is 26.9 Å². The van der Waals surface area contributed by atoms with Gasteiger partial charge in [-0.3, -0.25) is 24.8 Å². The number of amides is 1. The molecule has 1 fully saturated rings. The maximum Gasteiger partial charge on any atom is 0.265 e. The van der Waals surface area contributed by atoms with Crippen molar-refractivity contribution in [3.63, 3.8) is 0 Å². The summed E-state index contributed by atoms with van der Waals surface area (Å²) in [4.78, 5) is 21.3. The Hall–Kier alpha value is -2.80. The second-order valence-electron chi connectivity index (χ2n) is 7.09. The first-order valence-corrected chi connectivity index (χ1v) is 9.54. The van der Waals surface area contributed by atoms with Crippen LogP contribution in [-0.4, -0.2) is 52.1 Å². The molecule has 6 heteroatoms. The highest BCUT2D eigenvalue weighted by Crippen LogP contribution is 2.24. The lowest BCUT2D eigenvalue weighted by atomic mass is 10.0. The van der Waals surface area contributed by atoms with Crippen LogP contribution < -0.4 is 5.48 Å². The van der Waals surface area contributed by atoms with Crippen LogP contribution in [0.3, 0.4) is 0 Å². The zero-order valence-electron chi connectivity index (χ0n) is 15.7. The number of piperazine rings is 1. The van der Waals surface area contributed by atoms with E-state index in [4.69, 9.17) is 0 Å². The smallest absolute Gasteiger partial charge is 0.265 e. The average Bonchev–Trinajstić information content (AvgIpc) is 2.76. The van der Waals surface area contributed by atoms with Crippen LogP contribution in [0.4, 0.5) is 0 Å². The molecule has 0 bridgehead atoms. The van der Waals surface area contributed by atoms with Crippen LogP contribution in [0.2, 0.25) is 0 Å². The SMILES string of the molecule is O=C(NO)C(c1ccccc1)N1CCN(Cc2ccnc3ccccc23)CC1. The van der Waals surface area contributed by atoms with E-state index in [1.807, 2.05) is 60.2 Å². The topological polar surface area (TPSA) is 68.7 Å². The first-order chi connectivity index (χ1) is 13.8. The molecule has 0 radical (unpaired) electrons. The number of fused-ring (bicyclic) bond motifs is 1. The van der Waals surface area contributed by atoms with Gasteiger partial charge in [0.2, 0.25) is 0 Å². The molecule has 2 heterocycles. The number of hydroxylamine groups is 1. The first-order valence-electron chi connectivity index (χ1n) is 9.54. The van der Waals surface area contributed by atoms with Gasteiger partial charge in [-0.05, 0) is 23.3 Å². The summed E-state index contributed by atoms with van der Waals surface area (Å²) in [5, 5.41) is 10.4. The predicted octanol–water partition coefficient (Wildman–Crippen LogP) is 2.60. The van der Waals surface area contributed by atoms with Crippen LogP contribution in [0.25, 0.3) is 10.9 Å². The third kappa shape index (κ3) is 3.89. The van der Waals surface area contributed by atoms with Gasteiger partial charge in [-0.2, -0.15) is 0 Å². The molecule has 1 atom stereocenters. The third-order valence-corrected chi connectivity index (χ3v) is 5.38. The van der Waals surface area contributed by atoms with Crippen molar-refractivity contribution < 1.29 is 10.0 Å². The van der Waals surface area contributed by atoms with E-state index in [0.29, 0.717) is 0 Å². The molecule has 2 aromatic carbocycles. The normalized spacial score (nSPS) is 16.8. The van der Waals surface area contributed by atoms with Crippen molar-refractivity contribution in [3.05, 3.63) is 78.0 Å². The number of aromatic nitrogens is 1. The van der Waals surface area contributed by atoms with Gasteiger partial charge in [0, 0.05) is 44.3 Å². The van der Waals surface area contributed by atoms with Gasteiger partial charge in [0.15, 0.2) is 0 Å². The Morgan fingerprint density at radius 3 is 2.46 bits per heavy atom. The Kier molecular flexibility index (Phi) is 5.62. The zero-order chi connectivity index (χ0) is 19.3. The number of carbonyl (C=O) groups is 1. The van der Waals surface area contributed by atoms with Crippen LogP contribution in [0.15, 0.2) is 66.9 Å². The number of nitrogens with zero attached hydrogens (tertiary/aromatic N) is 3. The van der Waals surface area contributed by atoms with Gasteiger partial charge in [0.1, 0.15) is 6.04 Å². The highest BCUT2D eigenvalue weighted by Gasteiger charge is 2.30.